The zero-order valence-corrected chi connectivity index (χ0v) is 14.8. The van der Waals surface area contributed by atoms with E-state index < -0.39 is 30.3 Å². The van der Waals surface area contributed by atoms with Crippen LogP contribution in [0.15, 0.2) is 24.3 Å². The van der Waals surface area contributed by atoms with Gasteiger partial charge in [0, 0.05) is 24.2 Å². The van der Waals surface area contributed by atoms with Crippen molar-refractivity contribution in [3.8, 4) is 0 Å². The molecule has 8 nitrogen and oxygen atoms in total. The van der Waals surface area contributed by atoms with E-state index in [2.05, 4.69) is 10.6 Å². The lowest BCUT2D eigenvalue weighted by molar-refractivity contribution is -0.157. The Morgan fingerprint density at radius 3 is 2.44 bits per heavy atom. The second-order valence-corrected chi connectivity index (χ2v) is 7.34. The number of hydrogen-bond donors (Lipinski definition) is 2. The van der Waals surface area contributed by atoms with Crippen molar-refractivity contribution < 1.29 is 28.7 Å². The highest BCUT2D eigenvalue weighted by Gasteiger charge is 2.64. The maximum Gasteiger partial charge on any atom is 0.310 e. The molecule has 0 unspecified atom stereocenters. The molecule has 27 heavy (non-hydrogen) atoms. The summed E-state index contributed by atoms with van der Waals surface area (Å²) in [6, 6.07) is 6.58. The predicted molar refractivity (Wildman–Crippen MR) is 93.4 cm³/mol. The van der Waals surface area contributed by atoms with Gasteiger partial charge in [-0.1, -0.05) is 0 Å². The average molecular weight is 372 g/mol. The van der Waals surface area contributed by atoms with Crippen LogP contribution in [0.1, 0.15) is 19.8 Å². The molecule has 3 fully saturated rings. The standard InChI is InChI=1S/C19H20N2O6/c1-9(22)20-11-2-4-12(5-3-11)21-15(23)8-26-18(24)16-10-6-13-14(7-10)27-19(25)17(13)16/h2-5,10,13-14,16-17H,6-8H2,1H3,(H,20,22)(H,21,23)/t10-,13-,14-,16+,17+/m1/s1. The summed E-state index contributed by atoms with van der Waals surface area (Å²) in [5.41, 5.74) is 1.14. The first-order chi connectivity index (χ1) is 12.9. The van der Waals surface area contributed by atoms with E-state index in [9.17, 15) is 19.2 Å². The number of fused-ring (bicyclic) bond motifs is 1. The van der Waals surface area contributed by atoms with Crippen LogP contribution in [0.4, 0.5) is 11.4 Å². The largest absolute Gasteiger partial charge is 0.462 e. The van der Waals surface area contributed by atoms with Gasteiger partial charge >= 0.3 is 11.9 Å². The van der Waals surface area contributed by atoms with Crippen molar-refractivity contribution >= 4 is 35.1 Å². The van der Waals surface area contributed by atoms with Crippen LogP contribution in [0, 0.1) is 23.7 Å². The number of rotatable bonds is 5. The van der Waals surface area contributed by atoms with Crippen molar-refractivity contribution in [3.05, 3.63) is 24.3 Å². The monoisotopic (exact) mass is 372 g/mol. The second-order valence-electron chi connectivity index (χ2n) is 7.34. The average Bonchev–Trinajstić information content (AvgIpc) is 3.23. The summed E-state index contributed by atoms with van der Waals surface area (Å²) < 4.78 is 10.5. The van der Waals surface area contributed by atoms with Crippen molar-refractivity contribution in [2.24, 2.45) is 23.7 Å². The van der Waals surface area contributed by atoms with Gasteiger partial charge in [-0.3, -0.25) is 19.2 Å². The molecule has 0 radical (unpaired) electrons. The molecule has 5 atom stereocenters. The van der Waals surface area contributed by atoms with Gasteiger partial charge in [-0.2, -0.15) is 0 Å². The van der Waals surface area contributed by atoms with Gasteiger partial charge in [0.2, 0.25) is 5.91 Å². The Hall–Kier alpha value is -2.90. The molecule has 3 aliphatic rings. The molecule has 2 N–H and O–H groups in total. The Balaban J connectivity index is 1.29. The van der Waals surface area contributed by atoms with Crippen LogP contribution < -0.4 is 10.6 Å². The van der Waals surface area contributed by atoms with Gasteiger partial charge in [0.25, 0.3) is 5.91 Å². The zero-order valence-electron chi connectivity index (χ0n) is 14.8. The van der Waals surface area contributed by atoms with Gasteiger partial charge in [-0.05, 0) is 43.0 Å². The molecule has 4 rings (SSSR count). The van der Waals surface area contributed by atoms with Crippen LogP contribution in [0.25, 0.3) is 0 Å². The highest BCUT2D eigenvalue weighted by atomic mass is 16.6. The fourth-order valence-corrected chi connectivity index (χ4v) is 4.60. The highest BCUT2D eigenvalue weighted by Crippen LogP contribution is 2.57. The Morgan fingerprint density at radius 1 is 1.11 bits per heavy atom. The maximum atomic E-state index is 12.4. The Bertz CT molecular complexity index is 803. The second kappa shape index (κ2) is 6.68. The maximum absolute atomic E-state index is 12.4. The molecule has 8 heteroatoms. The van der Waals surface area contributed by atoms with Gasteiger partial charge < -0.3 is 20.1 Å². The first-order valence-electron chi connectivity index (χ1n) is 8.97. The van der Waals surface area contributed by atoms with Crippen LogP contribution in [0.3, 0.4) is 0 Å². The minimum absolute atomic E-state index is 0.0414. The first kappa shape index (κ1) is 17.5. The van der Waals surface area contributed by atoms with E-state index >= 15 is 0 Å². The zero-order chi connectivity index (χ0) is 19.1. The van der Waals surface area contributed by atoms with Crippen molar-refractivity contribution in [1.29, 1.82) is 0 Å². The number of amides is 2. The summed E-state index contributed by atoms with van der Waals surface area (Å²) in [7, 11) is 0. The summed E-state index contributed by atoms with van der Waals surface area (Å²) in [5, 5.41) is 5.25. The summed E-state index contributed by atoms with van der Waals surface area (Å²) in [6.07, 6.45) is 1.48. The molecule has 142 valence electrons. The van der Waals surface area contributed by atoms with Crippen LogP contribution >= 0.6 is 0 Å². The molecule has 2 saturated carbocycles. The third-order valence-corrected chi connectivity index (χ3v) is 5.59. The van der Waals surface area contributed by atoms with Crippen molar-refractivity contribution in [2.75, 3.05) is 17.2 Å². The molecule has 1 aromatic rings. The van der Waals surface area contributed by atoms with Crippen molar-refractivity contribution in [2.45, 2.75) is 25.9 Å². The van der Waals surface area contributed by atoms with Crippen LogP contribution in [-0.4, -0.2) is 36.5 Å². The summed E-state index contributed by atoms with van der Waals surface area (Å²) in [4.78, 5) is 47.4. The number of ether oxygens (including phenoxy) is 2. The quantitative estimate of drug-likeness (QED) is 0.755. The van der Waals surface area contributed by atoms with E-state index in [-0.39, 0.29) is 29.8 Å². The number of carbonyl (C=O) groups is 4. The fraction of sp³-hybridized carbons (Fsp3) is 0.474. The lowest BCUT2D eigenvalue weighted by atomic mass is 9.80. The minimum atomic E-state index is -0.499. The van der Waals surface area contributed by atoms with E-state index in [1.807, 2.05) is 0 Å². The summed E-state index contributed by atoms with van der Waals surface area (Å²) in [6.45, 7) is 0.997. The number of anilines is 2. The van der Waals surface area contributed by atoms with Gasteiger partial charge in [-0.25, -0.2) is 0 Å². The lowest BCUT2D eigenvalue weighted by Crippen LogP contribution is -2.34. The molecule has 2 aliphatic carbocycles. The SMILES string of the molecule is CC(=O)Nc1ccc(NC(=O)COC(=O)[C@H]2[C@@H]3C[C@H]4[C@@H]2C(=O)O[C@@H]4C3)cc1. The molecule has 1 aliphatic heterocycles. The normalized spacial score (nSPS) is 30.0. The number of benzene rings is 1. The molecular formula is C19H20N2O6. The molecule has 0 spiro atoms. The third-order valence-electron chi connectivity index (χ3n) is 5.59. The van der Waals surface area contributed by atoms with Gasteiger partial charge in [0.15, 0.2) is 6.61 Å². The van der Waals surface area contributed by atoms with Crippen LogP contribution in [0.2, 0.25) is 0 Å². The molecule has 1 aromatic carbocycles. The smallest absolute Gasteiger partial charge is 0.310 e. The van der Waals surface area contributed by atoms with E-state index in [1.54, 1.807) is 24.3 Å². The number of carbonyl (C=O) groups excluding carboxylic acids is 4. The molecule has 0 aromatic heterocycles. The predicted octanol–water partition coefficient (Wildman–Crippen LogP) is 1.32. The van der Waals surface area contributed by atoms with Gasteiger partial charge in [0.1, 0.15) is 6.10 Å². The molecule has 1 saturated heterocycles. The fourth-order valence-electron chi connectivity index (χ4n) is 4.60. The van der Waals surface area contributed by atoms with Crippen molar-refractivity contribution in [1.82, 2.24) is 0 Å². The summed E-state index contributed by atoms with van der Waals surface area (Å²) in [5.74, 6) is -2.14. The topological polar surface area (TPSA) is 111 Å². The number of esters is 2. The van der Waals surface area contributed by atoms with E-state index in [4.69, 9.17) is 9.47 Å². The molecule has 1 heterocycles. The summed E-state index contributed by atoms with van der Waals surface area (Å²) >= 11 is 0. The van der Waals surface area contributed by atoms with Gasteiger partial charge in [-0.15, -0.1) is 0 Å². The lowest BCUT2D eigenvalue weighted by Gasteiger charge is -2.22. The Morgan fingerprint density at radius 2 is 1.78 bits per heavy atom. The number of hydrogen-bond acceptors (Lipinski definition) is 6. The number of nitrogens with one attached hydrogen (secondary N) is 2. The van der Waals surface area contributed by atoms with Crippen molar-refractivity contribution in [3.63, 3.8) is 0 Å². The molecule has 2 bridgehead atoms. The van der Waals surface area contributed by atoms with Crippen LogP contribution in [0.5, 0.6) is 0 Å². The van der Waals surface area contributed by atoms with E-state index in [0.717, 1.165) is 6.42 Å². The molecular weight excluding hydrogens is 352 g/mol. The minimum Gasteiger partial charge on any atom is -0.462 e. The highest BCUT2D eigenvalue weighted by molar-refractivity contribution is 5.94. The van der Waals surface area contributed by atoms with Crippen LogP contribution in [-0.2, 0) is 28.7 Å². The Labute approximate surface area is 155 Å². The Kier molecular flexibility index (Phi) is 4.33. The van der Waals surface area contributed by atoms with E-state index in [0.29, 0.717) is 17.8 Å². The van der Waals surface area contributed by atoms with E-state index in [1.165, 1.54) is 6.92 Å². The third kappa shape index (κ3) is 3.27. The molecule has 2 amide bonds. The first-order valence-corrected chi connectivity index (χ1v) is 8.97. The van der Waals surface area contributed by atoms with Gasteiger partial charge in [0.05, 0.1) is 11.8 Å².